The predicted octanol–water partition coefficient (Wildman–Crippen LogP) is 3.47. The number of nitriles is 1. The molecule has 3 aromatic rings. The number of hydrogen-bond acceptors (Lipinski definition) is 9. The molecule has 6 rings (SSSR count). The number of fused-ring (bicyclic) bond motifs is 2. The van der Waals surface area contributed by atoms with E-state index in [1.54, 1.807) is 0 Å². The molecule has 0 bridgehead atoms. The van der Waals surface area contributed by atoms with Gasteiger partial charge in [-0.15, -0.1) is 0 Å². The first-order chi connectivity index (χ1) is 20.4. The third kappa shape index (κ3) is 5.46. The van der Waals surface area contributed by atoms with Gasteiger partial charge in [-0.2, -0.15) is 15.2 Å². The van der Waals surface area contributed by atoms with Crippen molar-refractivity contribution in [2.75, 3.05) is 56.2 Å². The van der Waals surface area contributed by atoms with Crippen LogP contribution in [0.15, 0.2) is 49.1 Å². The van der Waals surface area contributed by atoms with Crippen molar-refractivity contribution in [1.29, 1.82) is 5.26 Å². The van der Waals surface area contributed by atoms with Gasteiger partial charge in [-0.3, -0.25) is 9.78 Å². The van der Waals surface area contributed by atoms with Gasteiger partial charge >= 0.3 is 6.01 Å². The van der Waals surface area contributed by atoms with E-state index in [0.717, 1.165) is 59.5 Å². The first-order valence-corrected chi connectivity index (χ1v) is 14.5. The molecule has 3 aliphatic heterocycles. The third-order valence-electron chi connectivity index (χ3n) is 8.69. The average molecular weight is 571 g/mol. The van der Waals surface area contributed by atoms with Crippen LogP contribution in [0, 0.1) is 11.3 Å². The fraction of sp³-hybridized carbons (Fsp3) is 0.452. The molecule has 2 saturated heterocycles. The number of benzene rings is 1. The minimum atomic E-state index is -1.01. The van der Waals surface area contributed by atoms with E-state index in [2.05, 4.69) is 51.5 Å². The number of anilines is 2. The van der Waals surface area contributed by atoms with Crippen molar-refractivity contribution in [1.82, 2.24) is 24.8 Å². The molecule has 1 aromatic carbocycles. The second-order valence-electron chi connectivity index (χ2n) is 11.3. The van der Waals surface area contributed by atoms with Gasteiger partial charge in [0.05, 0.1) is 42.7 Å². The lowest BCUT2D eigenvalue weighted by atomic mass is 10.0. The second-order valence-corrected chi connectivity index (χ2v) is 11.3. The van der Waals surface area contributed by atoms with E-state index in [1.165, 1.54) is 4.90 Å². The van der Waals surface area contributed by atoms with Crippen molar-refractivity contribution in [3.8, 4) is 12.1 Å². The Labute approximate surface area is 245 Å². The first kappa shape index (κ1) is 27.8. The van der Waals surface area contributed by atoms with Crippen molar-refractivity contribution in [3.05, 3.63) is 60.3 Å². The largest absolute Gasteiger partial charge is 0.462 e. The van der Waals surface area contributed by atoms with Crippen molar-refractivity contribution in [2.24, 2.45) is 0 Å². The van der Waals surface area contributed by atoms with E-state index in [4.69, 9.17) is 14.7 Å². The average Bonchev–Trinajstić information content (AvgIpc) is 3.43. The number of carbonyl (C=O) groups excluding carboxylic acids is 1. The van der Waals surface area contributed by atoms with Crippen LogP contribution in [0.2, 0.25) is 0 Å². The number of amides is 1. The van der Waals surface area contributed by atoms with Crippen molar-refractivity contribution >= 4 is 28.2 Å². The van der Waals surface area contributed by atoms with E-state index >= 15 is 0 Å². The van der Waals surface area contributed by atoms with Crippen LogP contribution in [0.4, 0.5) is 15.9 Å². The van der Waals surface area contributed by atoms with Crippen molar-refractivity contribution < 1.29 is 13.9 Å². The smallest absolute Gasteiger partial charge is 0.318 e. The zero-order chi connectivity index (χ0) is 29.2. The van der Waals surface area contributed by atoms with Crippen LogP contribution in [-0.4, -0.2) is 89.1 Å². The van der Waals surface area contributed by atoms with E-state index in [-0.39, 0.29) is 13.0 Å². The van der Waals surface area contributed by atoms with Crippen molar-refractivity contribution in [2.45, 2.75) is 44.3 Å². The zero-order valence-electron chi connectivity index (χ0n) is 23.9. The Bertz CT molecular complexity index is 1540. The summed E-state index contributed by atoms with van der Waals surface area (Å²) in [5.41, 5.74) is 2.98. The van der Waals surface area contributed by atoms with Crippen LogP contribution in [0.25, 0.3) is 10.8 Å². The third-order valence-corrected chi connectivity index (χ3v) is 8.69. The normalized spacial score (nSPS) is 20.8. The summed E-state index contributed by atoms with van der Waals surface area (Å²) in [7, 11) is 2.11. The standard InChI is InChI=1S/C31H35FN8O2/c1-21(32)30(41)40-15-14-39(18-23(40)9-11-33)29-26-10-13-38(28-17-34-16-22-6-3-4-8-25(22)28)19-27(26)35-31(36-29)42-20-24-7-5-12-37(24)2/h3-4,6,8,16-17,23-24H,1,5,7,9-10,12-15,18-20H2,2H3/t23-,24-/m0/s1. The molecule has 42 heavy (non-hydrogen) atoms. The molecule has 2 fully saturated rings. The van der Waals surface area contributed by atoms with Crippen LogP contribution >= 0.6 is 0 Å². The van der Waals surface area contributed by atoms with E-state index in [0.29, 0.717) is 44.7 Å². The summed E-state index contributed by atoms with van der Waals surface area (Å²) in [5.74, 6) is -1.01. The highest BCUT2D eigenvalue weighted by Crippen LogP contribution is 2.34. The Morgan fingerprint density at radius 2 is 2.00 bits per heavy atom. The van der Waals surface area contributed by atoms with E-state index < -0.39 is 17.8 Å². The lowest BCUT2D eigenvalue weighted by Crippen LogP contribution is -2.55. The van der Waals surface area contributed by atoms with Crippen LogP contribution in [0.1, 0.15) is 30.5 Å². The van der Waals surface area contributed by atoms with Gasteiger partial charge in [0, 0.05) is 54.8 Å². The van der Waals surface area contributed by atoms with Gasteiger partial charge in [0.25, 0.3) is 5.91 Å². The van der Waals surface area contributed by atoms with Gasteiger partial charge in [-0.05, 0) is 32.9 Å². The van der Waals surface area contributed by atoms with Crippen LogP contribution < -0.4 is 14.5 Å². The topological polar surface area (TPSA) is 102 Å². The number of pyridine rings is 1. The maximum atomic E-state index is 13.8. The lowest BCUT2D eigenvalue weighted by molar-refractivity contribution is -0.131. The number of halogens is 1. The first-order valence-electron chi connectivity index (χ1n) is 14.5. The minimum absolute atomic E-state index is 0.0853. The maximum Gasteiger partial charge on any atom is 0.318 e. The highest BCUT2D eigenvalue weighted by molar-refractivity contribution is 5.93. The molecule has 1 amide bonds. The molecule has 5 heterocycles. The van der Waals surface area contributed by atoms with Gasteiger partial charge in [-0.1, -0.05) is 30.8 Å². The second kappa shape index (κ2) is 11.9. The summed E-state index contributed by atoms with van der Waals surface area (Å²) in [6.07, 6.45) is 6.80. The molecular weight excluding hydrogens is 535 g/mol. The fourth-order valence-corrected chi connectivity index (χ4v) is 6.38. The Morgan fingerprint density at radius 1 is 1.14 bits per heavy atom. The van der Waals surface area contributed by atoms with Gasteiger partial charge in [0.15, 0.2) is 5.83 Å². The minimum Gasteiger partial charge on any atom is -0.462 e. The number of aromatic nitrogens is 3. The molecule has 10 nitrogen and oxygen atoms in total. The molecular formula is C31H35FN8O2. The highest BCUT2D eigenvalue weighted by Gasteiger charge is 2.35. The lowest BCUT2D eigenvalue weighted by Gasteiger charge is -2.42. The summed E-state index contributed by atoms with van der Waals surface area (Å²) >= 11 is 0. The SMILES string of the molecule is C=C(F)C(=O)N1CCN(c2nc(OC[C@@H]3CCCN3C)nc3c2CCN(c2cncc4ccccc24)C3)C[C@@H]1CC#N. The molecule has 0 aliphatic carbocycles. The van der Waals surface area contributed by atoms with Gasteiger partial charge in [0.2, 0.25) is 0 Å². The maximum absolute atomic E-state index is 13.8. The monoisotopic (exact) mass is 570 g/mol. The predicted molar refractivity (Wildman–Crippen MR) is 158 cm³/mol. The summed E-state index contributed by atoms with van der Waals surface area (Å²) in [6.45, 7) is 7.14. The Hall–Kier alpha value is -4.30. The van der Waals surface area contributed by atoms with Crippen LogP contribution in [-0.2, 0) is 17.8 Å². The van der Waals surface area contributed by atoms with Crippen LogP contribution in [0.3, 0.4) is 0 Å². The molecule has 0 spiro atoms. The number of likely N-dealkylation sites (N-methyl/N-ethyl adjacent to an activating group) is 1. The summed E-state index contributed by atoms with van der Waals surface area (Å²) in [5, 5.41) is 11.7. The quantitative estimate of drug-likeness (QED) is 0.395. The summed E-state index contributed by atoms with van der Waals surface area (Å²) in [4.78, 5) is 34.9. The number of likely N-dealkylation sites (tertiary alicyclic amines) is 1. The highest BCUT2D eigenvalue weighted by atomic mass is 19.1. The Kier molecular flexibility index (Phi) is 7.89. The van der Waals surface area contributed by atoms with Crippen LogP contribution in [0.5, 0.6) is 6.01 Å². The Morgan fingerprint density at radius 3 is 2.79 bits per heavy atom. The fourth-order valence-electron chi connectivity index (χ4n) is 6.38. The zero-order valence-corrected chi connectivity index (χ0v) is 23.9. The molecule has 0 unspecified atom stereocenters. The van der Waals surface area contributed by atoms with E-state index in [1.807, 2.05) is 24.5 Å². The van der Waals surface area contributed by atoms with Gasteiger partial charge < -0.3 is 24.3 Å². The number of nitrogens with zero attached hydrogens (tertiary/aromatic N) is 8. The number of piperazine rings is 1. The molecule has 3 aliphatic rings. The molecule has 218 valence electrons. The van der Waals surface area contributed by atoms with Crippen molar-refractivity contribution in [3.63, 3.8) is 0 Å². The number of ether oxygens (including phenoxy) is 1. The summed E-state index contributed by atoms with van der Waals surface area (Å²) in [6, 6.07) is 10.5. The number of carbonyl (C=O) groups is 1. The molecule has 0 radical (unpaired) electrons. The molecule has 2 aromatic heterocycles. The Balaban J connectivity index is 1.32. The van der Waals surface area contributed by atoms with E-state index in [9.17, 15) is 14.4 Å². The molecule has 2 atom stereocenters. The molecule has 0 saturated carbocycles. The summed E-state index contributed by atoms with van der Waals surface area (Å²) < 4.78 is 20.0. The molecule has 11 heteroatoms. The van der Waals surface area contributed by atoms with Gasteiger partial charge in [0.1, 0.15) is 12.4 Å². The molecule has 0 N–H and O–H groups in total. The van der Waals surface area contributed by atoms with Gasteiger partial charge in [-0.25, -0.2) is 4.39 Å². The number of rotatable bonds is 7. The number of hydrogen-bond donors (Lipinski definition) is 0.